The molecule has 0 aliphatic rings. The van der Waals surface area contributed by atoms with Crippen LogP contribution in [0.25, 0.3) is 0 Å². The van der Waals surface area contributed by atoms with Gasteiger partial charge in [-0.3, -0.25) is 0 Å². The van der Waals surface area contributed by atoms with Gasteiger partial charge >= 0.3 is 6.18 Å². The van der Waals surface area contributed by atoms with E-state index in [-0.39, 0.29) is 11.6 Å². The summed E-state index contributed by atoms with van der Waals surface area (Å²) in [6.07, 6.45) is 2.18. The summed E-state index contributed by atoms with van der Waals surface area (Å²) in [5.41, 5.74) is -0.312. The standard InChI is InChI=1S/C14H16F3N/c1-3-4-7-10-18-11(2)12-8-5-6-9-13(12)14(15,16)17/h1,5-6,8-9,11,18H,4,7,10H2,2H3. The van der Waals surface area contributed by atoms with E-state index in [4.69, 9.17) is 6.42 Å². The Hall–Kier alpha value is -1.47. The molecule has 1 unspecified atom stereocenters. The molecule has 0 amide bonds. The van der Waals surface area contributed by atoms with Gasteiger partial charge in [-0.1, -0.05) is 18.2 Å². The third-order valence-corrected chi connectivity index (χ3v) is 2.68. The van der Waals surface area contributed by atoms with Crippen molar-refractivity contribution in [2.24, 2.45) is 0 Å². The minimum atomic E-state index is -4.31. The van der Waals surface area contributed by atoms with E-state index in [9.17, 15) is 13.2 Å². The van der Waals surface area contributed by atoms with Gasteiger partial charge in [-0.05, 0) is 31.5 Å². The third kappa shape index (κ3) is 4.08. The summed E-state index contributed by atoms with van der Waals surface area (Å²) in [5.74, 6) is 2.50. The molecule has 1 N–H and O–H groups in total. The van der Waals surface area contributed by atoms with Crippen molar-refractivity contribution >= 4 is 0 Å². The first-order valence-electron chi connectivity index (χ1n) is 5.79. The number of terminal acetylenes is 1. The van der Waals surface area contributed by atoms with Gasteiger partial charge in [0.1, 0.15) is 0 Å². The number of nitrogens with one attached hydrogen (secondary N) is 1. The minimum absolute atomic E-state index is 0.269. The molecule has 0 bridgehead atoms. The molecule has 1 aromatic carbocycles. The lowest BCUT2D eigenvalue weighted by Gasteiger charge is -2.19. The highest BCUT2D eigenvalue weighted by atomic mass is 19.4. The average molecular weight is 255 g/mol. The van der Waals surface area contributed by atoms with Gasteiger partial charge in [-0.15, -0.1) is 12.3 Å². The maximum atomic E-state index is 12.8. The number of hydrogen-bond donors (Lipinski definition) is 1. The van der Waals surface area contributed by atoms with Gasteiger partial charge in [-0.2, -0.15) is 13.2 Å². The third-order valence-electron chi connectivity index (χ3n) is 2.68. The fraction of sp³-hybridized carbons (Fsp3) is 0.429. The van der Waals surface area contributed by atoms with Crippen LogP contribution in [0.2, 0.25) is 0 Å². The summed E-state index contributed by atoms with van der Waals surface area (Å²) in [5, 5.41) is 3.05. The Morgan fingerprint density at radius 3 is 2.61 bits per heavy atom. The minimum Gasteiger partial charge on any atom is -0.310 e. The van der Waals surface area contributed by atoms with Crippen LogP contribution in [0, 0.1) is 12.3 Å². The van der Waals surface area contributed by atoms with Gasteiger partial charge in [0, 0.05) is 12.5 Å². The molecule has 0 aromatic heterocycles. The van der Waals surface area contributed by atoms with Crippen LogP contribution in [-0.4, -0.2) is 6.54 Å². The van der Waals surface area contributed by atoms with E-state index >= 15 is 0 Å². The van der Waals surface area contributed by atoms with Crippen LogP contribution in [0.4, 0.5) is 13.2 Å². The van der Waals surface area contributed by atoms with Crippen molar-refractivity contribution in [3.63, 3.8) is 0 Å². The highest BCUT2D eigenvalue weighted by Gasteiger charge is 2.33. The van der Waals surface area contributed by atoms with E-state index in [1.165, 1.54) is 12.1 Å². The Balaban J connectivity index is 2.74. The molecule has 0 heterocycles. The van der Waals surface area contributed by atoms with E-state index in [1.54, 1.807) is 13.0 Å². The van der Waals surface area contributed by atoms with Gasteiger partial charge in [0.05, 0.1) is 5.56 Å². The van der Waals surface area contributed by atoms with E-state index in [0.717, 1.165) is 12.5 Å². The van der Waals surface area contributed by atoms with Crippen LogP contribution in [-0.2, 0) is 6.18 Å². The van der Waals surface area contributed by atoms with Gasteiger partial charge in [-0.25, -0.2) is 0 Å². The maximum Gasteiger partial charge on any atom is 0.416 e. The summed E-state index contributed by atoms with van der Waals surface area (Å²) in [7, 11) is 0. The number of benzene rings is 1. The first-order valence-corrected chi connectivity index (χ1v) is 5.79. The molecule has 4 heteroatoms. The van der Waals surface area contributed by atoms with Crippen LogP contribution in [0.3, 0.4) is 0 Å². The van der Waals surface area contributed by atoms with Crippen LogP contribution in [0.1, 0.15) is 36.9 Å². The smallest absolute Gasteiger partial charge is 0.310 e. The van der Waals surface area contributed by atoms with E-state index in [2.05, 4.69) is 11.2 Å². The second-order valence-corrected chi connectivity index (χ2v) is 4.07. The predicted molar refractivity (Wildman–Crippen MR) is 65.9 cm³/mol. The van der Waals surface area contributed by atoms with Crippen molar-refractivity contribution in [3.8, 4) is 12.3 Å². The lowest BCUT2D eigenvalue weighted by Crippen LogP contribution is -2.22. The van der Waals surface area contributed by atoms with Gasteiger partial charge in [0.15, 0.2) is 0 Å². The van der Waals surface area contributed by atoms with Gasteiger partial charge in [0.2, 0.25) is 0 Å². The number of alkyl halides is 3. The number of hydrogen-bond acceptors (Lipinski definition) is 1. The number of halogens is 3. The van der Waals surface area contributed by atoms with Crippen LogP contribution in [0.15, 0.2) is 24.3 Å². The molecule has 1 rings (SSSR count). The zero-order valence-electron chi connectivity index (χ0n) is 10.2. The first kappa shape index (κ1) is 14.6. The Kier molecular flexibility index (Phi) is 5.24. The molecule has 0 spiro atoms. The van der Waals surface area contributed by atoms with Crippen LogP contribution in [0.5, 0.6) is 0 Å². The van der Waals surface area contributed by atoms with E-state index < -0.39 is 11.7 Å². The lowest BCUT2D eigenvalue weighted by molar-refractivity contribution is -0.138. The molecule has 98 valence electrons. The molecule has 0 aliphatic heterocycles. The molecule has 0 saturated heterocycles. The number of unbranched alkanes of at least 4 members (excludes halogenated alkanes) is 1. The first-order chi connectivity index (χ1) is 8.46. The van der Waals surface area contributed by atoms with Crippen molar-refractivity contribution in [2.45, 2.75) is 32.0 Å². The van der Waals surface area contributed by atoms with E-state index in [1.807, 2.05) is 0 Å². The maximum absolute atomic E-state index is 12.8. The molecule has 0 saturated carbocycles. The largest absolute Gasteiger partial charge is 0.416 e. The second kappa shape index (κ2) is 6.46. The van der Waals surface area contributed by atoms with Crippen molar-refractivity contribution in [1.82, 2.24) is 5.32 Å². The quantitative estimate of drug-likeness (QED) is 0.624. The van der Waals surface area contributed by atoms with Crippen molar-refractivity contribution < 1.29 is 13.2 Å². The SMILES string of the molecule is C#CCCCNC(C)c1ccccc1C(F)(F)F. The van der Waals surface area contributed by atoms with Crippen LogP contribution < -0.4 is 5.32 Å². The molecule has 0 aliphatic carbocycles. The van der Waals surface area contributed by atoms with E-state index in [0.29, 0.717) is 13.0 Å². The highest BCUT2D eigenvalue weighted by Crippen LogP contribution is 2.34. The topological polar surface area (TPSA) is 12.0 Å². The fourth-order valence-corrected chi connectivity index (χ4v) is 1.75. The second-order valence-electron chi connectivity index (χ2n) is 4.07. The average Bonchev–Trinajstić information content (AvgIpc) is 2.33. The van der Waals surface area contributed by atoms with Crippen molar-refractivity contribution in [2.75, 3.05) is 6.54 Å². The Labute approximate surface area is 105 Å². The molecule has 1 nitrogen and oxygen atoms in total. The fourth-order valence-electron chi connectivity index (χ4n) is 1.75. The normalized spacial score (nSPS) is 13.1. The summed E-state index contributed by atoms with van der Waals surface area (Å²) in [6.45, 7) is 2.33. The molecular formula is C14H16F3N. The molecular weight excluding hydrogens is 239 g/mol. The Morgan fingerprint density at radius 2 is 2.00 bits per heavy atom. The molecule has 1 atom stereocenters. The zero-order chi connectivity index (χ0) is 13.6. The predicted octanol–water partition coefficient (Wildman–Crippen LogP) is 3.77. The molecule has 0 fully saturated rings. The molecule has 1 aromatic rings. The summed E-state index contributed by atoms with van der Waals surface area (Å²) < 4.78 is 38.4. The van der Waals surface area contributed by atoms with Crippen molar-refractivity contribution in [1.29, 1.82) is 0 Å². The van der Waals surface area contributed by atoms with Crippen molar-refractivity contribution in [3.05, 3.63) is 35.4 Å². The highest BCUT2D eigenvalue weighted by molar-refractivity contribution is 5.32. The monoisotopic (exact) mass is 255 g/mol. The van der Waals surface area contributed by atoms with Gasteiger partial charge < -0.3 is 5.32 Å². The number of rotatable bonds is 5. The Morgan fingerprint density at radius 1 is 1.33 bits per heavy atom. The summed E-state index contributed by atoms with van der Waals surface area (Å²) in [6, 6.07) is 5.28. The van der Waals surface area contributed by atoms with Crippen LogP contribution >= 0.6 is 0 Å². The van der Waals surface area contributed by atoms with Gasteiger partial charge in [0.25, 0.3) is 0 Å². The summed E-state index contributed by atoms with van der Waals surface area (Å²) >= 11 is 0. The summed E-state index contributed by atoms with van der Waals surface area (Å²) in [4.78, 5) is 0. The molecule has 0 radical (unpaired) electrons. The molecule has 18 heavy (non-hydrogen) atoms. The Bertz CT molecular complexity index is 418. The lowest BCUT2D eigenvalue weighted by atomic mass is 10.0. The zero-order valence-corrected chi connectivity index (χ0v) is 10.2.